The SMILES string of the molecule is CCC1=C(OP(O)(=S)OC)C(OC)[C@H](n2ccc(N)nc2=O)O1. The third kappa shape index (κ3) is 3.73. The van der Waals surface area contributed by atoms with E-state index in [1.54, 1.807) is 0 Å². The molecule has 128 valence electrons. The normalized spacial score (nSPS) is 23.5. The molecular formula is C12H18N3O6PS. The highest BCUT2D eigenvalue weighted by Gasteiger charge is 2.42. The highest BCUT2D eigenvalue weighted by atomic mass is 32.5. The molecule has 0 aliphatic carbocycles. The minimum atomic E-state index is -3.47. The number of rotatable bonds is 6. The van der Waals surface area contributed by atoms with Crippen LogP contribution in [0.1, 0.15) is 19.6 Å². The molecule has 2 heterocycles. The zero-order valence-corrected chi connectivity index (χ0v) is 14.5. The number of aromatic nitrogens is 2. The average Bonchev–Trinajstić information content (AvgIpc) is 2.84. The van der Waals surface area contributed by atoms with Gasteiger partial charge in [-0.25, -0.2) is 4.79 Å². The number of methoxy groups -OCH3 is 1. The molecule has 2 rings (SSSR count). The summed E-state index contributed by atoms with van der Waals surface area (Å²) in [5.41, 5.74) is 4.89. The summed E-state index contributed by atoms with van der Waals surface area (Å²) in [4.78, 5) is 25.6. The van der Waals surface area contributed by atoms with Crippen LogP contribution >= 0.6 is 6.72 Å². The Hall–Kier alpha value is -1.45. The van der Waals surface area contributed by atoms with E-state index in [4.69, 9.17) is 36.1 Å². The quantitative estimate of drug-likeness (QED) is 0.710. The highest BCUT2D eigenvalue weighted by molar-refractivity contribution is 8.07. The molecule has 2 unspecified atom stereocenters. The Kier molecular flexibility index (Phi) is 5.43. The summed E-state index contributed by atoms with van der Waals surface area (Å²) in [6.07, 6.45) is 0.250. The molecule has 9 nitrogen and oxygen atoms in total. The van der Waals surface area contributed by atoms with Crippen molar-refractivity contribution >= 4 is 24.3 Å². The van der Waals surface area contributed by atoms with Crippen molar-refractivity contribution in [1.82, 2.24) is 9.55 Å². The van der Waals surface area contributed by atoms with Crippen LogP contribution in [0.4, 0.5) is 5.82 Å². The predicted molar refractivity (Wildman–Crippen MR) is 85.7 cm³/mol. The third-order valence-corrected chi connectivity index (χ3v) is 4.76. The predicted octanol–water partition coefficient (Wildman–Crippen LogP) is 0.871. The lowest BCUT2D eigenvalue weighted by Gasteiger charge is -2.22. The van der Waals surface area contributed by atoms with Crippen LogP contribution in [0.3, 0.4) is 0 Å². The van der Waals surface area contributed by atoms with E-state index in [1.807, 2.05) is 6.92 Å². The molecule has 0 amide bonds. The summed E-state index contributed by atoms with van der Waals surface area (Å²) in [5, 5.41) is 0. The van der Waals surface area contributed by atoms with Crippen LogP contribution in [0, 0.1) is 0 Å². The first kappa shape index (κ1) is 17.9. The minimum Gasteiger partial charge on any atom is -0.467 e. The van der Waals surface area contributed by atoms with Crippen molar-refractivity contribution in [2.45, 2.75) is 25.7 Å². The third-order valence-electron chi connectivity index (χ3n) is 3.20. The lowest BCUT2D eigenvalue weighted by molar-refractivity contribution is -0.0336. The molecule has 1 aromatic heterocycles. The molecule has 0 aromatic carbocycles. The molecule has 3 N–H and O–H groups in total. The van der Waals surface area contributed by atoms with E-state index in [2.05, 4.69) is 4.98 Å². The highest BCUT2D eigenvalue weighted by Crippen LogP contribution is 2.50. The molecule has 3 atom stereocenters. The number of hydrogen-bond acceptors (Lipinski definition) is 8. The van der Waals surface area contributed by atoms with Crippen LogP contribution in [0.5, 0.6) is 0 Å². The van der Waals surface area contributed by atoms with Crippen LogP contribution in [0.15, 0.2) is 28.6 Å². The summed E-state index contributed by atoms with van der Waals surface area (Å²) >= 11 is 4.86. The molecule has 23 heavy (non-hydrogen) atoms. The molecule has 0 radical (unpaired) electrons. The van der Waals surface area contributed by atoms with Gasteiger partial charge in [-0.2, -0.15) is 4.98 Å². The summed E-state index contributed by atoms with van der Waals surface area (Å²) in [6, 6.07) is 1.47. The fourth-order valence-corrected chi connectivity index (χ4v) is 2.89. The number of allylic oxidation sites excluding steroid dienone is 1. The second kappa shape index (κ2) is 6.98. The second-order valence-corrected chi connectivity index (χ2v) is 7.46. The van der Waals surface area contributed by atoms with Crippen molar-refractivity contribution in [3.05, 3.63) is 34.3 Å². The van der Waals surface area contributed by atoms with Gasteiger partial charge in [-0.1, -0.05) is 6.92 Å². The van der Waals surface area contributed by atoms with Gasteiger partial charge in [0.1, 0.15) is 11.6 Å². The van der Waals surface area contributed by atoms with Crippen molar-refractivity contribution in [3.8, 4) is 0 Å². The van der Waals surface area contributed by atoms with E-state index < -0.39 is 24.7 Å². The van der Waals surface area contributed by atoms with Gasteiger partial charge in [0.2, 0.25) is 6.23 Å². The van der Waals surface area contributed by atoms with E-state index in [0.717, 1.165) is 0 Å². The number of nitrogens with zero attached hydrogens (tertiary/aromatic N) is 2. The first-order valence-corrected chi connectivity index (χ1v) is 9.27. The number of ether oxygens (including phenoxy) is 2. The van der Waals surface area contributed by atoms with Crippen molar-refractivity contribution in [2.75, 3.05) is 20.0 Å². The lowest BCUT2D eigenvalue weighted by atomic mass is 10.2. The lowest BCUT2D eigenvalue weighted by Crippen LogP contribution is -2.34. The number of nitrogens with two attached hydrogens (primary N) is 1. The van der Waals surface area contributed by atoms with Crippen LogP contribution in [0.2, 0.25) is 0 Å². The number of anilines is 1. The molecule has 0 saturated heterocycles. The van der Waals surface area contributed by atoms with E-state index in [0.29, 0.717) is 12.2 Å². The Balaban J connectivity index is 2.40. The molecule has 0 spiro atoms. The molecule has 11 heteroatoms. The van der Waals surface area contributed by atoms with Gasteiger partial charge in [0.25, 0.3) is 0 Å². The van der Waals surface area contributed by atoms with Crippen molar-refractivity contribution in [3.63, 3.8) is 0 Å². The average molecular weight is 363 g/mol. The Morgan fingerprint density at radius 1 is 1.57 bits per heavy atom. The van der Waals surface area contributed by atoms with Gasteiger partial charge < -0.3 is 29.1 Å². The first-order valence-electron chi connectivity index (χ1n) is 6.68. The molecular weight excluding hydrogens is 345 g/mol. The van der Waals surface area contributed by atoms with E-state index in [1.165, 1.54) is 31.0 Å². The number of nitrogen functional groups attached to an aromatic ring is 1. The van der Waals surface area contributed by atoms with Crippen LogP contribution in [0.25, 0.3) is 0 Å². The summed E-state index contributed by atoms with van der Waals surface area (Å²) in [6.45, 7) is -1.64. The second-order valence-electron chi connectivity index (χ2n) is 4.59. The molecule has 1 aliphatic heterocycles. The maximum Gasteiger partial charge on any atom is 0.377 e. The first-order chi connectivity index (χ1) is 10.8. The summed E-state index contributed by atoms with van der Waals surface area (Å²) < 4.78 is 22.5. The molecule has 0 fully saturated rings. The Morgan fingerprint density at radius 2 is 2.26 bits per heavy atom. The summed E-state index contributed by atoms with van der Waals surface area (Å²) in [5.74, 6) is 0.714. The smallest absolute Gasteiger partial charge is 0.377 e. The molecule has 1 aliphatic rings. The number of hydrogen-bond donors (Lipinski definition) is 2. The van der Waals surface area contributed by atoms with Gasteiger partial charge in [0.05, 0.1) is 0 Å². The van der Waals surface area contributed by atoms with E-state index >= 15 is 0 Å². The zero-order valence-electron chi connectivity index (χ0n) is 12.8. The van der Waals surface area contributed by atoms with Gasteiger partial charge in [-0.05, 0) is 6.07 Å². The molecule has 0 bridgehead atoms. The Labute approximate surface area is 137 Å². The fraction of sp³-hybridized carbons (Fsp3) is 0.500. The standard InChI is InChI=1S/C12H18N3O6PS/c1-4-7-9(21-22(17,23)19-3)10(18-2)11(20-7)15-6-5-8(13)14-12(15)16/h5-6,10-11H,4H2,1-3H3,(H,17,23)(H2,13,14,16)/t10?,11-,22?/m1/s1. The van der Waals surface area contributed by atoms with Gasteiger partial charge >= 0.3 is 12.4 Å². The van der Waals surface area contributed by atoms with Crippen LogP contribution in [-0.2, 0) is 30.3 Å². The maximum absolute atomic E-state index is 12.0. The van der Waals surface area contributed by atoms with Gasteiger partial charge in [0.15, 0.2) is 11.9 Å². The molecule has 1 aromatic rings. The zero-order chi connectivity index (χ0) is 17.2. The Morgan fingerprint density at radius 3 is 2.78 bits per heavy atom. The maximum atomic E-state index is 12.0. The van der Waals surface area contributed by atoms with Crippen LogP contribution in [-0.4, -0.2) is 34.8 Å². The summed E-state index contributed by atoms with van der Waals surface area (Å²) in [7, 11) is 2.67. The minimum absolute atomic E-state index is 0.101. The molecule has 0 saturated carbocycles. The van der Waals surface area contributed by atoms with Crippen molar-refractivity contribution in [1.29, 1.82) is 0 Å². The van der Waals surface area contributed by atoms with Gasteiger partial charge in [0, 0.05) is 38.6 Å². The van der Waals surface area contributed by atoms with Crippen molar-refractivity contribution < 1.29 is 23.4 Å². The van der Waals surface area contributed by atoms with Crippen LogP contribution < -0.4 is 11.4 Å². The van der Waals surface area contributed by atoms with Gasteiger partial charge in [-0.3, -0.25) is 4.57 Å². The monoisotopic (exact) mass is 363 g/mol. The van der Waals surface area contributed by atoms with Gasteiger partial charge in [-0.15, -0.1) is 0 Å². The van der Waals surface area contributed by atoms with Crippen molar-refractivity contribution in [2.24, 2.45) is 0 Å². The van der Waals surface area contributed by atoms with E-state index in [9.17, 15) is 9.69 Å². The fourth-order valence-electron chi connectivity index (χ4n) is 2.12. The topological polar surface area (TPSA) is 118 Å². The Bertz CT molecular complexity index is 721. The van der Waals surface area contributed by atoms with E-state index in [-0.39, 0.29) is 11.6 Å². The largest absolute Gasteiger partial charge is 0.467 e.